The van der Waals surface area contributed by atoms with Gasteiger partial charge in [0.15, 0.2) is 5.82 Å². The Morgan fingerprint density at radius 3 is 2.08 bits per heavy atom. The topological polar surface area (TPSA) is 58.0 Å². The Hall–Kier alpha value is -2.54. The van der Waals surface area contributed by atoms with Crippen molar-refractivity contribution in [1.82, 2.24) is 20.4 Å². The molecule has 0 radical (unpaired) electrons. The van der Waals surface area contributed by atoms with Gasteiger partial charge in [-0.15, -0.1) is 20.4 Å². The molecule has 0 N–H and O–H groups in total. The minimum absolute atomic E-state index is 0.909. The first-order chi connectivity index (χ1) is 12.2. The molecule has 1 aromatic carbocycles. The molecular formula is C18H20N6S. The van der Waals surface area contributed by atoms with Gasteiger partial charge in [0.05, 0.1) is 5.69 Å². The van der Waals surface area contributed by atoms with Crippen LogP contribution in [-0.2, 0) is 0 Å². The van der Waals surface area contributed by atoms with E-state index in [1.165, 1.54) is 5.56 Å². The smallest absolute Gasteiger partial charge is 0.208 e. The lowest BCUT2D eigenvalue weighted by Crippen LogP contribution is -2.46. The van der Waals surface area contributed by atoms with E-state index >= 15 is 0 Å². The third kappa shape index (κ3) is 3.46. The van der Waals surface area contributed by atoms with Crippen molar-refractivity contribution in [2.75, 3.05) is 36.0 Å². The van der Waals surface area contributed by atoms with Crippen LogP contribution in [0.25, 0.3) is 11.3 Å². The normalized spacial score (nSPS) is 14.8. The van der Waals surface area contributed by atoms with Gasteiger partial charge < -0.3 is 9.80 Å². The zero-order valence-electron chi connectivity index (χ0n) is 14.4. The molecule has 1 aliphatic rings. The van der Waals surface area contributed by atoms with E-state index in [0.29, 0.717) is 0 Å². The van der Waals surface area contributed by atoms with Crippen molar-refractivity contribution >= 4 is 22.3 Å². The molecule has 25 heavy (non-hydrogen) atoms. The van der Waals surface area contributed by atoms with E-state index in [0.717, 1.165) is 53.4 Å². The van der Waals surface area contributed by atoms with Crippen LogP contribution in [0.4, 0.5) is 10.9 Å². The van der Waals surface area contributed by atoms with Crippen molar-refractivity contribution in [3.05, 3.63) is 47.0 Å². The van der Waals surface area contributed by atoms with Gasteiger partial charge in [-0.2, -0.15) is 0 Å². The summed E-state index contributed by atoms with van der Waals surface area (Å²) in [4.78, 5) is 4.56. The highest BCUT2D eigenvalue weighted by atomic mass is 32.1. The molecule has 0 spiro atoms. The number of aromatic nitrogens is 4. The average Bonchev–Trinajstić information content (AvgIpc) is 3.09. The Kier molecular flexibility index (Phi) is 4.31. The van der Waals surface area contributed by atoms with Crippen molar-refractivity contribution in [3.8, 4) is 11.3 Å². The average molecular weight is 352 g/mol. The fourth-order valence-electron chi connectivity index (χ4n) is 2.91. The highest BCUT2D eigenvalue weighted by Gasteiger charge is 2.20. The molecule has 6 nitrogen and oxygen atoms in total. The first kappa shape index (κ1) is 16.0. The zero-order chi connectivity index (χ0) is 17.2. The van der Waals surface area contributed by atoms with Gasteiger partial charge in [-0.1, -0.05) is 41.2 Å². The first-order valence-electron chi connectivity index (χ1n) is 8.40. The summed E-state index contributed by atoms with van der Waals surface area (Å²) in [5.74, 6) is 0.934. The van der Waals surface area contributed by atoms with Crippen molar-refractivity contribution in [2.45, 2.75) is 13.8 Å². The van der Waals surface area contributed by atoms with Crippen LogP contribution in [0.5, 0.6) is 0 Å². The maximum Gasteiger partial charge on any atom is 0.208 e. The predicted molar refractivity (Wildman–Crippen MR) is 101 cm³/mol. The maximum atomic E-state index is 4.44. The zero-order valence-corrected chi connectivity index (χ0v) is 15.2. The number of rotatable bonds is 3. The summed E-state index contributed by atoms with van der Waals surface area (Å²) < 4.78 is 0. The molecule has 3 heterocycles. The maximum absolute atomic E-state index is 4.44. The van der Waals surface area contributed by atoms with E-state index in [4.69, 9.17) is 0 Å². The largest absolute Gasteiger partial charge is 0.352 e. The Balaban J connectivity index is 1.42. The molecule has 0 unspecified atom stereocenters. The molecule has 1 fully saturated rings. The number of anilines is 2. The Labute approximate surface area is 151 Å². The Bertz CT molecular complexity index is 835. The highest BCUT2D eigenvalue weighted by Crippen LogP contribution is 2.23. The van der Waals surface area contributed by atoms with E-state index in [-0.39, 0.29) is 0 Å². The number of benzene rings is 1. The summed E-state index contributed by atoms with van der Waals surface area (Å²) in [5, 5.41) is 19.2. The van der Waals surface area contributed by atoms with Gasteiger partial charge in [-0.25, -0.2) is 0 Å². The molecule has 0 bridgehead atoms. The molecule has 0 amide bonds. The lowest BCUT2D eigenvalue weighted by molar-refractivity contribution is 0.640. The minimum Gasteiger partial charge on any atom is -0.352 e. The molecule has 3 aromatic rings. The molecule has 0 aliphatic carbocycles. The van der Waals surface area contributed by atoms with Gasteiger partial charge in [-0.3, -0.25) is 0 Å². The van der Waals surface area contributed by atoms with Gasteiger partial charge in [0, 0.05) is 31.7 Å². The molecule has 1 saturated heterocycles. The molecule has 4 rings (SSSR count). The van der Waals surface area contributed by atoms with Crippen LogP contribution in [-0.4, -0.2) is 46.6 Å². The SMILES string of the molecule is Cc1ccc(-c2ccc(N3CCN(c4nnc(C)s4)CC3)nn2)cc1. The molecule has 2 aromatic heterocycles. The molecule has 0 saturated carbocycles. The van der Waals surface area contributed by atoms with Gasteiger partial charge in [0.25, 0.3) is 0 Å². The first-order valence-corrected chi connectivity index (χ1v) is 9.21. The van der Waals surface area contributed by atoms with Gasteiger partial charge in [0.1, 0.15) is 5.01 Å². The minimum atomic E-state index is 0.909. The second-order valence-electron chi connectivity index (χ2n) is 6.22. The predicted octanol–water partition coefficient (Wildman–Crippen LogP) is 2.94. The number of piperazine rings is 1. The quantitative estimate of drug-likeness (QED) is 0.722. The third-order valence-corrected chi connectivity index (χ3v) is 5.29. The van der Waals surface area contributed by atoms with Crippen LogP contribution in [0.3, 0.4) is 0 Å². The second kappa shape index (κ2) is 6.76. The van der Waals surface area contributed by atoms with E-state index < -0.39 is 0 Å². The molecule has 0 atom stereocenters. The Morgan fingerprint density at radius 1 is 0.760 bits per heavy atom. The fourth-order valence-corrected chi connectivity index (χ4v) is 3.65. The summed E-state index contributed by atoms with van der Waals surface area (Å²) in [7, 11) is 0. The van der Waals surface area contributed by atoms with Gasteiger partial charge in [0.2, 0.25) is 5.13 Å². The summed E-state index contributed by atoms with van der Waals surface area (Å²) in [6, 6.07) is 12.5. The van der Waals surface area contributed by atoms with E-state index in [9.17, 15) is 0 Å². The highest BCUT2D eigenvalue weighted by molar-refractivity contribution is 7.15. The number of hydrogen-bond acceptors (Lipinski definition) is 7. The lowest BCUT2D eigenvalue weighted by atomic mass is 10.1. The van der Waals surface area contributed by atoms with Crippen LogP contribution in [0.15, 0.2) is 36.4 Å². The van der Waals surface area contributed by atoms with Crippen LogP contribution in [0, 0.1) is 13.8 Å². The molecule has 128 valence electrons. The standard InChI is InChI=1S/C18H20N6S/c1-13-3-5-15(6-4-13)16-7-8-17(21-20-16)23-9-11-24(12-10-23)18-22-19-14(2)25-18/h3-8H,9-12H2,1-2H3. The lowest BCUT2D eigenvalue weighted by Gasteiger charge is -2.34. The second-order valence-corrected chi connectivity index (χ2v) is 7.38. The number of aryl methyl sites for hydroxylation is 2. The molecular weight excluding hydrogens is 332 g/mol. The van der Waals surface area contributed by atoms with Crippen molar-refractivity contribution < 1.29 is 0 Å². The summed E-state index contributed by atoms with van der Waals surface area (Å²) >= 11 is 1.65. The molecule has 7 heteroatoms. The third-order valence-electron chi connectivity index (χ3n) is 4.39. The van der Waals surface area contributed by atoms with Crippen LogP contribution in [0.1, 0.15) is 10.6 Å². The number of hydrogen-bond donors (Lipinski definition) is 0. The van der Waals surface area contributed by atoms with Gasteiger partial charge >= 0.3 is 0 Å². The van der Waals surface area contributed by atoms with Crippen LogP contribution in [0.2, 0.25) is 0 Å². The van der Waals surface area contributed by atoms with Crippen molar-refractivity contribution in [2.24, 2.45) is 0 Å². The fraction of sp³-hybridized carbons (Fsp3) is 0.333. The van der Waals surface area contributed by atoms with Crippen LogP contribution < -0.4 is 9.80 Å². The van der Waals surface area contributed by atoms with E-state index in [2.05, 4.69) is 67.5 Å². The van der Waals surface area contributed by atoms with E-state index in [1.54, 1.807) is 11.3 Å². The van der Waals surface area contributed by atoms with E-state index in [1.807, 2.05) is 13.0 Å². The summed E-state index contributed by atoms with van der Waals surface area (Å²) in [6.07, 6.45) is 0. The summed E-state index contributed by atoms with van der Waals surface area (Å²) in [6.45, 7) is 7.75. The van der Waals surface area contributed by atoms with Gasteiger partial charge in [-0.05, 0) is 26.0 Å². The Morgan fingerprint density at radius 2 is 1.48 bits per heavy atom. The molecule has 1 aliphatic heterocycles. The van der Waals surface area contributed by atoms with Crippen molar-refractivity contribution in [3.63, 3.8) is 0 Å². The summed E-state index contributed by atoms with van der Waals surface area (Å²) in [5.41, 5.74) is 3.25. The number of nitrogens with zero attached hydrogens (tertiary/aromatic N) is 6. The van der Waals surface area contributed by atoms with Crippen LogP contribution >= 0.6 is 11.3 Å². The monoisotopic (exact) mass is 352 g/mol. The van der Waals surface area contributed by atoms with Crippen molar-refractivity contribution in [1.29, 1.82) is 0 Å².